The lowest BCUT2D eigenvalue weighted by atomic mass is 9.92. The number of alkyl halides is 4. The van der Waals surface area contributed by atoms with Crippen LogP contribution in [-0.2, 0) is 24.4 Å². The number of amides is 2. The minimum Gasteiger partial charge on any atom is -0.609 e. The fourth-order valence-corrected chi connectivity index (χ4v) is 4.88. The number of likely N-dealkylation sites (tertiary alicyclic amines) is 1. The first kappa shape index (κ1) is 22.3. The summed E-state index contributed by atoms with van der Waals surface area (Å²) in [6.07, 6.45) is -0.809. The number of piperidine rings is 1. The second kappa shape index (κ2) is 8.38. The van der Waals surface area contributed by atoms with Gasteiger partial charge >= 0.3 is 12.2 Å². The van der Waals surface area contributed by atoms with Gasteiger partial charge in [-0.1, -0.05) is 0 Å². The Morgan fingerprint density at radius 3 is 2.50 bits per heavy atom. The molecule has 0 aromatic carbocycles. The average molecular weight is 448 g/mol. The Hall–Kier alpha value is -2.41. The summed E-state index contributed by atoms with van der Waals surface area (Å²) in [4.78, 5) is 13.1. The molecule has 1 fully saturated rings. The van der Waals surface area contributed by atoms with Crippen LogP contribution in [0, 0.1) is 5.92 Å². The highest BCUT2D eigenvalue weighted by atomic mass is 32.2. The Balaban J connectivity index is 1.66. The van der Waals surface area contributed by atoms with Gasteiger partial charge in [-0.15, -0.1) is 0 Å². The molecule has 30 heavy (non-hydrogen) atoms. The molecule has 3 rings (SSSR count). The third-order valence-corrected chi connectivity index (χ3v) is 6.73. The normalized spacial score (nSPS) is 18.7. The van der Waals surface area contributed by atoms with E-state index in [2.05, 4.69) is 20.6 Å². The molecule has 2 aromatic rings. The van der Waals surface area contributed by atoms with E-state index in [1.54, 1.807) is 6.07 Å². The molecule has 1 N–H and O–H groups in total. The van der Waals surface area contributed by atoms with E-state index in [0.29, 0.717) is 5.69 Å². The molecule has 0 spiro atoms. The number of rotatable bonds is 4. The van der Waals surface area contributed by atoms with Crippen molar-refractivity contribution >= 4 is 22.9 Å². The summed E-state index contributed by atoms with van der Waals surface area (Å²) in [5, 5.41) is 10.8. The zero-order valence-corrected chi connectivity index (χ0v) is 17.0. The number of hydrogen-bond donors (Lipinski definition) is 1. The molecule has 13 heteroatoms. The van der Waals surface area contributed by atoms with Crippen molar-refractivity contribution in [2.45, 2.75) is 35.8 Å². The monoisotopic (exact) mass is 448 g/mol. The van der Waals surface area contributed by atoms with Crippen LogP contribution in [0.4, 0.5) is 28.0 Å². The van der Waals surface area contributed by atoms with Gasteiger partial charge in [0.25, 0.3) is 5.00 Å². The maximum Gasteiger partial charge on any atom is 0.440 e. The number of anilines is 1. The molecule has 8 nitrogen and oxygen atoms in total. The largest absolute Gasteiger partial charge is 0.609 e. The van der Waals surface area contributed by atoms with Crippen LogP contribution in [0.15, 0.2) is 29.6 Å². The number of carbonyl (C=O) groups is 1. The van der Waals surface area contributed by atoms with Gasteiger partial charge < -0.3 is 14.8 Å². The van der Waals surface area contributed by atoms with Crippen LogP contribution in [0.3, 0.4) is 0 Å². The van der Waals surface area contributed by atoms with Gasteiger partial charge in [0.2, 0.25) is 10.6 Å². The highest BCUT2D eigenvalue weighted by Crippen LogP contribution is 2.43. The molecule has 2 unspecified atom stereocenters. The average Bonchev–Trinajstić information content (AvgIpc) is 3.10. The van der Waals surface area contributed by atoms with E-state index < -0.39 is 44.9 Å². The summed E-state index contributed by atoms with van der Waals surface area (Å²) in [6, 6.07) is 1.15. The Bertz CT molecular complexity index is 884. The van der Waals surface area contributed by atoms with Crippen molar-refractivity contribution < 1.29 is 26.9 Å². The van der Waals surface area contributed by atoms with E-state index in [4.69, 9.17) is 0 Å². The summed E-state index contributed by atoms with van der Waals surface area (Å²) >= 11 is -2.59. The maximum atomic E-state index is 15.5. The molecule has 0 aliphatic carbocycles. The second-order valence-electron chi connectivity index (χ2n) is 7.09. The second-order valence-corrected chi connectivity index (χ2v) is 8.87. The first-order valence-corrected chi connectivity index (χ1v) is 10.2. The number of nitrogens with one attached hydrogen (secondary N) is 1. The van der Waals surface area contributed by atoms with Gasteiger partial charge in [0.15, 0.2) is 0 Å². The van der Waals surface area contributed by atoms with E-state index in [-0.39, 0.29) is 25.9 Å². The van der Waals surface area contributed by atoms with Crippen molar-refractivity contribution in [2.24, 2.45) is 13.0 Å². The van der Waals surface area contributed by atoms with Gasteiger partial charge in [-0.05, 0) is 18.9 Å². The number of urea groups is 1. The van der Waals surface area contributed by atoms with Crippen LogP contribution in [0.25, 0.3) is 0 Å². The fourth-order valence-electron chi connectivity index (χ4n) is 3.33. The lowest BCUT2D eigenvalue weighted by Crippen LogP contribution is -2.48. The Morgan fingerprint density at radius 1 is 1.27 bits per heavy atom. The summed E-state index contributed by atoms with van der Waals surface area (Å²) < 4.78 is 68.7. The van der Waals surface area contributed by atoms with Gasteiger partial charge in [-0.25, -0.2) is 4.79 Å². The SMILES string of the molecule is Cn1cc([S+]([O-])C(C)(F)C2CCN(C(=O)Nc3ccnnc3)CC2)c(C(F)(F)F)n1. The van der Waals surface area contributed by atoms with E-state index in [9.17, 15) is 22.5 Å². The quantitative estimate of drug-likeness (QED) is 0.573. The fraction of sp³-hybridized carbons (Fsp3) is 0.529. The predicted molar refractivity (Wildman–Crippen MR) is 99.5 cm³/mol. The van der Waals surface area contributed by atoms with Crippen LogP contribution >= 0.6 is 0 Å². The first-order valence-electron chi connectivity index (χ1n) is 9.04. The molecule has 0 bridgehead atoms. The lowest BCUT2D eigenvalue weighted by Gasteiger charge is -2.37. The van der Waals surface area contributed by atoms with E-state index in [0.717, 1.165) is 17.8 Å². The highest BCUT2D eigenvalue weighted by molar-refractivity contribution is 7.92. The summed E-state index contributed by atoms with van der Waals surface area (Å²) in [5.74, 6) is -0.786. The molecule has 2 aromatic heterocycles. The molecule has 0 radical (unpaired) electrons. The Morgan fingerprint density at radius 2 is 1.93 bits per heavy atom. The molecule has 2 atom stereocenters. The van der Waals surface area contributed by atoms with Crippen LogP contribution in [0.2, 0.25) is 0 Å². The van der Waals surface area contributed by atoms with Gasteiger partial charge in [0.1, 0.15) is 0 Å². The third kappa shape index (κ3) is 4.67. The number of aryl methyl sites for hydroxylation is 1. The molecule has 1 saturated heterocycles. The number of halogens is 4. The van der Waals surface area contributed by atoms with Crippen molar-refractivity contribution in [1.82, 2.24) is 24.9 Å². The van der Waals surface area contributed by atoms with Crippen molar-refractivity contribution in [3.05, 3.63) is 30.4 Å². The molecule has 2 amide bonds. The summed E-state index contributed by atoms with van der Waals surface area (Å²) in [6.45, 7) is 1.38. The van der Waals surface area contributed by atoms with Crippen LogP contribution in [0.1, 0.15) is 25.5 Å². The zero-order chi connectivity index (χ0) is 22.1. The van der Waals surface area contributed by atoms with Crippen LogP contribution in [-0.4, -0.2) is 53.6 Å². The van der Waals surface area contributed by atoms with Crippen LogP contribution < -0.4 is 5.32 Å². The number of carbonyl (C=O) groups excluding carboxylic acids is 1. The standard InChI is InChI=1S/C17H20F4N6O2S/c1-16(18,30(29)13-10-26(2)25-14(13)17(19,20)21)11-4-7-27(8-5-11)15(28)24-12-3-6-22-23-9-12/h3,6,9-11H,4-5,7-8H2,1-2H3,(H,22,24,28). The Kier molecular flexibility index (Phi) is 6.22. The minimum atomic E-state index is -4.84. The van der Waals surface area contributed by atoms with Crippen molar-refractivity contribution in [2.75, 3.05) is 18.4 Å². The molecule has 0 saturated carbocycles. The maximum absolute atomic E-state index is 15.5. The smallest absolute Gasteiger partial charge is 0.440 e. The lowest BCUT2D eigenvalue weighted by molar-refractivity contribution is -0.143. The van der Waals surface area contributed by atoms with E-state index in [1.807, 2.05) is 0 Å². The van der Waals surface area contributed by atoms with Gasteiger partial charge in [0.05, 0.1) is 24.3 Å². The molecule has 164 valence electrons. The van der Waals surface area contributed by atoms with Crippen LogP contribution in [0.5, 0.6) is 0 Å². The third-order valence-electron chi connectivity index (χ3n) is 4.97. The first-order chi connectivity index (χ1) is 14.0. The predicted octanol–water partition coefficient (Wildman–Crippen LogP) is 2.97. The molecule has 1 aliphatic rings. The number of aromatic nitrogens is 4. The highest BCUT2D eigenvalue weighted by Gasteiger charge is 2.52. The van der Waals surface area contributed by atoms with E-state index in [1.165, 1.54) is 24.3 Å². The zero-order valence-electron chi connectivity index (χ0n) is 16.2. The van der Waals surface area contributed by atoms with Gasteiger partial charge in [-0.2, -0.15) is 32.9 Å². The molecular formula is C17H20F4N6O2S. The number of nitrogens with zero attached hydrogens (tertiary/aromatic N) is 5. The van der Waals surface area contributed by atoms with Gasteiger partial charge in [0, 0.05) is 44.2 Å². The van der Waals surface area contributed by atoms with E-state index >= 15 is 4.39 Å². The van der Waals surface area contributed by atoms with Gasteiger partial charge in [-0.3, -0.25) is 4.68 Å². The molecule has 1 aliphatic heterocycles. The summed E-state index contributed by atoms with van der Waals surface area (Å²) in [5.41, 5.74) is -0.903. The summed E-state index contributed by atoms with van der Waals surface area (Å²) in [7, 11) is 1.25. The topological polar surface area (TPSA) is 99.0 Å². The molecular weight excluding hydrogens is 428 g/mol. The van der Waals surface area contributed by atoms with Crippen molar-refractivity contribution in [3.63, 3.8) is 0 Å². The minimum absolute atomic E-state index is 0.155. The molecule has 3 heterocycles. The van der Waals surface area contributed by atoms with Crippen molar-refractivity contribution in [3.8, 4) is 0 Å². The number of hydrogen-bond acceptors (Lipinski definition) is 5. The Labute approximate surface area is 172 Å². The van der Waals surface area contributed by atoms with Crippen molar-refractivity contribution in [1.29, 1.82) is 0 Å².